The van der Waals surface area contributed by atoms with Gasteiger partial charge in [-0.25, -0.2) is 4.98 Å². The Morgan fingerprint density at radius 1 is 1.00 bits per heavy atom. The lowest BCUT2D eigenvalue weighted by Gasteiger charge is -2.32. The number of nitrogens with zero attached hydrogens (tertiary/aromatic N) is 1. The molecule has 0 atom stereocenters. The van der Waals surface area contributed by atoms with Gasteiger partial charge in [0.1, 0.15) is 0 Å². The number of rotatable bonds is 1. The van der Waals surface area contributed by atoms with Crippen molar-refractivity contribution in [3.63, 3.8) is 0 Å². The van der Waals surface area contributed by atoms with Crippen molar-refractivity contribution >= 4 is 21.6 Å². The van der Waals surface area contributed by atoms with Crippen LogP contribution in [-0.2, 0) is 5.60 Å². The number of hydrogen-bond donors (Lipinski definition) is 1. The average Bonchev–Trinajstić information content (AvgIpc) is 2.71. The maximum absolute atomic E-state index is 12.6. The van der Waals surface area contributed by atoms with Gasteiger partial charge < -0.3 is 5.11 Å². The van der Waals surface area contributed by atoms with Crippen molar-refractivity contribution in [3.8, 4) is 0 Å². The third-order valence-electron chi connectivity index (χ3n) is 2.57. The minimum absolute atomic E-state index is 0.129. The van der Waals surface area contributed by atoms with Crippen LogP contribution in [0.3, 0.4) is 0 Å². The number of aliphatic hydroxyl groups is 1. The van der Waals surface area contributed by atoms with E-state index in [1.807, 2.05) is 0 Å². The van der Waals surface area contributed by atoms with Gasteiger partial charge in [0.2, 0.25) is 0 Å². The molecule has 1 aromatic heterocycles. The fourth-order valence-electron chi connectivity index (χ4n) is 1.57. The predicted molar refractivity (Wildman–Crippen MR) is 55.6 cm³/mol. The van der Waals surface area contributed by atoms with Crippen LogP contribution < -0.4 is 0 Å². The number of hydrogen-bond acceptors (Lipinski definition) is 3. The molecule has 0 aliphatic rings. The van der Waals surface area contributed by atoms with E-state index in [1.165, 1.54) is 5.51 Å². The molecule has 0 fully saturated rings. The normalized spacial score (nSPS) is 14.1. The Balaban J connectivity index is 2.68. The van der Waals surface area contributed by atoms with Crippen molar-refractivity contribution in [1.82, 2.24) is 4.98 Å². The van der Waals surface area contributed by atoms with Gasteiger partial charge in [0, 0.05) is 5.56 Å². The van der Waals surface area contributed by atoms with Gasteiger partial charge in [-0.1, -0.05) is 6.07 Å². The summed E-state index contributed by atoms with van der Waals surface area (Å²) >= 11 is 0.882. The fourth-order valence-corrected chi connectivity index (χ4v) is 2.28. The number of fused-ring (bicyclic) bond motifs is 1. The van der Waals surface area contributed by atoms with Gasteiger partial charge in [0.25, 0.3) is 5.60 Å². The SMILES string of the molecule is OC(c1ccc2ncsc2c1)(C(F)(F)F)C(F)(F)F. The number of thiazole rings is 1. The van der Waals surface area contributed by atoms with Gasteiger partial charge in [-0.05, 0) is 12.1 Å². The maximum Gasteiger partial charge on any atom is 0.430 e. The summed E-state index contributed by atoms with van der Waals surface area (Å²) in [5.74, 6) is 0. The molecule has 0 saturated heterocycles. The molecule has 0 saturated carbocycles. The van der Waals surface area contributed by atoms with E-state index in [-0.39, 0.29) is 10.2 Å². The lowest BCUT2D eigenvalue weighted by Crippen LogP contribution is -2.53. The van der Waals surface area contributed by atoms with E-state index in [1.54, 1.807) is 0 Å². The van der Waals surface area contributed by atoms with E-state index in [0.29, 0.717) is 12.1 Å². The third kappa shape index (κ3) is 2.06. The van der Waals surface area contributed by atoms with Crippen LogP contribution in [-0.4, -0.2) is 22.4 Å². The summed E-state index contributed by atoms with van der Waals surface area (Å²) in [6.45, 7) is 0. The Morgan fingerprint density at radius 3 is 2.11 bits per heavy atom. The zero-order chi connectivity index (χ0) is 14.5. The van der Waals surface area contributed by atoms with E-state index in [2.05, 4.69) is 4.98 Å². The summed E-state index contributed by atoms with van der Waals surface area (Å²) in [4.78, 5) is 3.74. The highest BCUT2D eigenvalue weighted by Gasteiger charge is 2.71. The Morgan fingerprint density at radius 2 is 1.58 bits per heavy atom. The first-order chi connectivity index (χ1) is 8.57. The third-order valence-corrected chi connectivity index (χ3v) is 3.36. The van der Waals surface area contributed by atoms with Crippen LogP contribution in [0.25, 0.3) is 10.2 Å². The molecule has 19 heavy (non-hydrogen) atoms. The second-order valence-corrected chi connectivity index (χ2v) is 4.63. The van der Waals surface area contributed by atoms with Crippen LogP contribution in [0.4, 0.5) is 26.3 Å². The van der Waals surface area contributed by atoms with Crippen molar-refractivity contribution in [2.45, 2.75) is 18.0 Å². The van der Waals surface area contributed by atoms with E-state index in [0.717, 1.165) is 17.4 Å². The standard InChI is InChI=1S/C10H5F6NOS/c11-9(12,13)8(18,10(14,15)16)5-1-2-6-7(3-5)19-4-17-6/h1-4,18H. The number of aromatic nitrogens is 1. The highest BCUT2D eigenvalue weighted by Crippen LogP contribution is 2.50. The van der Waals surface area contributed by atoms with Crippen LogP contribution in [0.2, 0.25) is 0 Å². The highest BCUT2D eigenvalue weighted by molar-refractivity contribution is 7.16. The molecule has 2 aromatic rings. The van der Waals surface area contributed by atoms with Gasteiger partial charge in [0.15, 0.2) is 0 Å². The van der Waals surface area contributed by atoms with E-state index >= 15 is 0 Å². The minimum atomic E-state index is -5.87. The van der Waals surface area contributed by atoms with Crippen LogP contribution in [0.5, 0.6) is 0 Å². The van der Waals surface area contributed by atoms with Gasteiger partial charge in [-0.3, -0.25) is 0 Å². The molecule has 1 aromatic carbocycles. The lowest BCUT2D eigenvalue weighted by atomic mass is 9.92. The quantitative estimate of drug-likeness (QED) is 0.816. The molecule has 0 amide bonds. The van der Waals surface area contributed by atoms with Crippen molar-refractivity contribution in [2.75, 3.05) is 0 Å². The maximum atomic E-state index is 12.6. The van der Waals surface area contributed by atoms with E-state index in [9.17, 15) is 31.4 Å². The lowest BCUT2D eigenvalue weighted by molar-refractivity contribution is -0.376. The molecule has 0 spiro atoms. The molecule has 2 rings (SSSR count). The summed E-state index contributed by atoms with van der Waals surface area (Å²) in [6, 6.07) is 2.22. The van der Waals surface area contributed by atoms with Crippen LogP contribution in [0.1, 0.15) is 5.56 Å². The van der Waals surface area contributed by atoms with E-state index < -0.39 is 23.5 Å². The molecular weight excluding hydrogens is 296 g/mol. The first kappa shape index (κ1) is 14.1. The van der Waals surface area contributed by atoms with Crippen molar-refractivity contribution < 1.29 is 31.4 Å². The fraction of sp³-hybridized carbons (Fsp3) is 0.300. The minimum Gasteiger partial charge on any atom is -0.369 e. The summed E-state index contributed by atoms with van der Waals surface area (Å²) in [5.41, 5.74) is -4.61. The Labute approximate surface area is 106 Å². The Bertz CT molecular complexity index is 588. The van der Waals surface area contributed by atoms with Crippen molar-refractivity contribution in [1.29, 1.82) is 0 Å². The smallest absolute Gasteiger partial charge is 0.369 e. The van der Waals surface area contributed by atoms with Gasteiger partial charge in [0.05, 0.1) is 15.7 Å². The highest BCUT2D eigenvalue weighted by atomic mass is 32.1. The summed E-state index contributed by atoms with van der Waals surface area (Å²) < 4.78 is 75.9. The van der Waals surface area contributed by atoms with E-state index in [4.69, 9.17) is 0 Å². The number of alkyl halides is 6. The molecule has 0 unspecified atom stereocenters. The first-order valence-electron chi connectivity index (χ1n) is 4.77. The summed E-state index contributed by atoms with van der Waals surface area (Å²) in [7, 11) is 0. The molecule has 0 bridgehead atoms. The molecular formula is C10H5F6NOS. The molecule has 0 aliphatic heterocycles. The van der Waals surface area contributed by atoms with Gasteiger partial charge >= 0.3 is 12.4 Å². The summed E-state index contributed by atoms with van der Waals surface area (Å²) in [5, 5.41) is 9.19. The zero-order valence-corrected chi connectivity index (χ0v) is 9.70. The van der Waals surface area contributed by atoms with Crippen LogP contribution in [0.15, 0.2) is 23.7 Å². The largest absolute Gasteiger partial charge is 0.430 e. The second-order valence-electron chi connectivity index (χ2n) is 3.74. The molecule has 104 valence electrons. The average molecular weight is 301 g/mol. The molecule has 0 radical (unpaired) electrons. The zero-order valence-electron chi connectivity index (χ0n) is 8.88. The Kier molecular flexibility index (Phi) is 3.01. The predicted octanol–water partition coefficient (Wildman–Crippen LogP) is 3.61. The van der Waals surface area contributed by atoms with Crippen LogP contribution >= 0.6 is 11.3 Å². The molecule has 2 nitrogen and oxygen atoms in total. The first-order valence-corrected chi connectivity index (χ1v) is 5.65. The molecule has 1 N–H and O–H groups in total. The second kappa shape index (κ2) is 4.07. The molecule has 9 heteroatoms. The molecule has 0 aliphatic carbocycles. The number of halogens is 6. The number of benzene rings is 1. The van der Waals surface area contributed by atoms with Crippen LogP contribution in [0, 0.1) is 0 Å². The van der Waals surface area contributed by atoms with Crippen molar-refractivity contribution in [3.05, 3.63) is 29.3 Å². The van der Waals surface area contributed by atoms with Gasteiger partial charge in [-0.15, -0.1) is 11.3 Å². The molecule has 1 heterocycles. The Hall–Kier alpha value is -1.35. The topological polar surface area (TPSA) is 33.1 Å². The van der Waals surface area contributed by atoms with Crippen molar-refractivity contribution in [2.24, 2.45) is 0 Å². The summed E-state index contributed by atoms with van der Waals surface area (Å²) in [6.07, 6.45) is -11.7. The monoisotopic (exact) mass is 301 g/mol. The van der Waals surface area contributed by atoms with Gasteiger partial charge in [-0.2, -0.15) is 26.3 Å².